The highest BCUT2D eigenvalue weighted by molar-refractivity contribution is 5.25. The average molecular weight is 272 g/mol. The molecule has 20 heavy (non-hydrogen) atoms. The van der Waals surface area contributed by atoms with Crippen molar-refractivity contribution in [2.45, 2.75) is 76.5 Å². The van der Waals surface area contributed by atoms with E-state index in [9.17, 15) is 0 Å². The Kier molecular flexibility index (Phi) is 4.13. The third kappa shape index (κ3) is 2.64. The van der Waals surface area contributed by atoms with Gasteiger partial charge in [0.2, 0.25) is 0 Å². The first-order valence-electron chi connectivity index (χ1n) is 8.31. The minimum absolute atomic E-state index is 0.433. The maximum Gasteiger partial charge on any atom is 0.0325 e. The van der Waals surface area contributed by atoms with Crippen LogP contribution in [0, 0.1) is 0 Å². The molecule has 1 aromatic rings. The van der Waals surface area contributed by atoms with Gasteiger partial charge in [-0.3, -0.25) is 4.90 Å². The predicted molar refractivity (Wildman–Crippen MR) is 84.7 cm³/mol. The molecule has 2 aliphatic heterocycles. The second-order valence-electron chi connectivity index (χ2n) is 6.73. The van der Waals surface area contributed by atoms with E-state index < -0.39 is 0 Å². The zero-order chi connectivity index (χ0) is 14.1. The van der Waals surface area contributed by atoms with Gasteiger partial charge >= 0.3 is 0 Å². The molecule has 1 aromatic carbocycles. The van der Waals surface area contributed by atoms with Gasteiger partial charge in [0.1, 0.15) is 0 Å². The molecule has 0 aliphatic carbocycles. The molecule has 2 nitrogen and oxygen atoms in total. The molecule has 0 aromatic heterocycles. The second kappa shape index (κ2) is 5.87. The monoisotopic (exact) mass is 272 g/mol. The minimum atomic E-state index is 0.433. The largest absolute Gasteiger partial charge is 0.328 e. The van der Waals surface area contributed by atoms with Gasteiger partial charge in [-0.05, 0) is 50.2 Å². The van der Waals surface area contributed by atoms with Crippen molar-refractivity contribution in [2.75, 3.05) is 0 Å². The normalized spacial score (nSPS) is 31.4. The summed E-state index contributed by atoms with van der Waals surface area (Å²) in [5, 5.41) is 0. The van der Waals surface area contributed by atoms with Crippen molar-refractivity contribution in [1.29, 1.82) is 0 Å². The summed E-state index contributed by atoms with van der Waals surface area (Å²) < 4.78 is 0. The van der Waals surface area contributed by atoms with E-state index in [0.717, 1.165) is 0 Å². The molecule has 0 radical (unpaired) electrons. The second-order valence-corrected chi connectivity index (χ2v) is 6.73. The van der Waals surface area contributed by atoms with Crippen molar-refractivity contribution in [1.82, 2.24) is 4.90 Å². The summed E-state index contributed by atoms with van der Waals surface area (Å²) in [6.45, 7) is 4.61. The van der Waals surface area contributed by atoms with Crippen molar-refractivity contribution in [3.05, 3.63) is 35.4 Å². The Morgan fingerprint density at radius 3 is 2.30 bits per heavy atom. The summed E-state index contributed by atoms with van der Waals surface area (Å²) >= 11 is 0. The van der Waals surface area contributed by atoms with Gasteiger partial charge in [0, 0.05) is 24.2 Å². The number of fused-ring (bicyclic) bond motifs is 2. The summed E-state index contributed by atoms with van der Waals surface area (Å²) in [7, 11) is 0. The molecule has 2 fully saturated rings. The van der Waals surface area contributed by atoms with Crippen LogP contribution >= 0.6 is 0 Å². The first kappa shape index (κ1) is 14.1. The molecule has 3 unspecified atom stereocenters. The van der Waals surface area contributed by atoms with E-state index >= 15 is 0 Å². The molecule has 110 valence electrons. The average Bonchev–Trinajstić information content (AvgIpc) is 2.71. The number of benzene rings is 1. The molecule has 2 aliphatic rings. The lowest BCUT2D eigenvalue weighted by Crippen LogP contribution is -2.48. The van der Waals surface area contributed by atoms with Crippen LogP contribution in [0.2, 0.25) is 0 Å². The van der Waals surface area contributed by atoms with E-state index in [2.05, 4.69) is 43.0 Å². The van der Waals surface area contributed by atoms with Crippen molar-refractivity contribution in [2.24, 2.45) is 5.73 Å². The molecule has 2 heteroatoms. The fourth-order valence-electron chi connectivity index (χ4n) is 4.31. The van der Waals surface area contributed by atoms with Gasteiger partial charge in [0.05, 0.1) is 0 Å². The molecule has 0 saturated carbocycles. The first-order valence-corrected chi connectivity index (χ1v) is 8.31. The maximum atomic E-state index is 6.18. The molecular formula is C18H28N2. The number of rotatable bonds is 4. The van der Waals surface area contributed by atoms with Gasteiger partial charge in [0.25, 0.3) is 0 Å². The van der Waals surface area contributed by atoms with Gasteiger partial charge in [0.15, 0.2) is 0 Å². The molecule has 2 bridgehead atoms. The number of aryl methyl sites for hydroxylation is 1. The molecule has 2 saturated heterocycles. The predicted octanol–water partition coefficient (Wildman–Crippen LogP) is 3.65. The van der Waals surface area contributed by atoms with Crippen LogP contribution in [0.25, 0.3) is 0 Å². The highest BCUT2D eigenvalue weighted by Gasteiger charge is 2.41. The number of piperidine rings is 1. The van der Waals surface area contributed by atoms with E-state index in [1.165, 1.54) is 49.7 Å². The molecule has 3 atom stereocenters. The van der Waals surface area contributed by atoms with Gasteiger partial charge in [-0.2, -0.15) is 0 Å². The van der Waals surface area contributed by atoms with E-state index in [-0.39, 0.29) is 0 Å². The Labute approximate surface area is 123 Å². The number of hydrogen-bond acceptors (Lipinski definition) is 2. The Morgan fingerprint density at radius 2 is 1.75 bits per heavy atom. The molecule has 2 N–H and O–H groups in total. The van der Waals surface area contributed by atoms with Crippen LogP contribution in [0.1, 0.15) is 63.1 Å². The molecule has 2 heterocycles. The molecule has 3 rings (SSSR count). The first-order chi connectivity index (χ1) is 9.69. The number of nitrogens with two attached hydrogens (primary N) is 1. The fraction of sp³-hybridized carbons (Fsp3) is 0.667. The van der Waals surface area contributed by atoms with Crippen LogP contribution in [-0.4, -0.2) is 23.0 Å². The zero-order valence-electron chi connectivity index (χ0n) is 12.9. The summed E-state index contributed by atoms with van der Waals surface area (Å²) in [5.74, 6) is 0. The number of nitrogens with zero attached hydrogens (tertiary/aromatic N) is 1. The van der Waals surface area contributed by atoms with Gasteiger partial charge in [-0.1, -0.05) is 37.6 Å². The van der Waals surface area contributed by atoms with Crippen molar-refractivity contribution < 1.29 is 0 Å². The summed E-state index contributed by atoms with van der Waals surface area (Å²) in [6, 6.07) is 11.7. The van der Waals surface area contributed by atoms with Crippen LogP contribution in [0.4, 0.5) is 0 Å². The molecule has 0 spiro atoms. The van der Waals surface area contributed by atoms with Gasteiger partial charge < -0.3 is 5.73 Å². The van der Waals surface area contributed by atoms with E-state index in [1.807, 2.05) is 0 Å². The van der Waals surface area contributed by atoms with Crippen LogP contribution < -0.4 is 5.73 Å². The van der Waals surface area contributed by atoms with E-state index in [4.69, 9.17) is 5.73 Å². The van der Waals surface area contributed by atoms with Crippen LogP contribution in [0.15, 0.2) is 24.3 Å². The van der Waals surface area contributed by atoms with Crippen molar-refractivity contribution in [3.63, 3.8) is 0 Å². The topological polar surface area (TPSA) is 29.3 Å². The van der Waals surface area contributed by atoms with E-state index in [1.54, 1.807) is 0 Å². The summed E-state index contributed by atoms with van der Waals surface area (Å²) in [5.41, 5.74) is 9.12. The lowest BCUT2D eigenvalue weighted by molar-refractivity contribution is 0.0854. The maximum absolute atomic E-state index is 6.18. The van der Waals surface area contributed by atoms with Gasteiger partial charge in [-0.25, -0.2) is 0 Å². The summed E-state index contributed by atoms with van der Waals surface area (Å²) in [6.07, 6.45) is 7.48. The van der Waals surface area contributed by atoms with Crippen LogP contribution in [0.5, 0.6) is 0 Å². The number of hydrogen-bond donors (Lipinski definition) is 1. The highest BCUT2D eigenvalue weighted by Crippen LogP contribution is 2.40. The smallest absolute Gasteiger partial charge is 0.0325 e. The Bertz CT molecular complexity index is 425. The third-order valence-corrected chi connectivity index (χ3v) is 5.27. The van der Waals surface area contributed by atoms with Crippen molar-refractivity contribution >= 4 is 0 Å². The zero-order valence-corrected chi connectivity index (χ0v) is 12.9. The van der Waals surface area contributed by atoms with Crippen molar-refractivity contribution in [3.8, 4) is 0 Å². The third-order valence-electron chi connectivity index (χ3n) is 5.27. The van der Waals surface area contributed by atoms with Gasteiger partial charge in [-0.15, -0.1) is 0 Å². The Balaban J connectivity index is 1.74. The lowest BCUT2D eigenvalue weighted by Gasteiger charge is -2.41. The minimum Gasteiger partial charge on any atom is -0.328 e. The highest BCUT2D eigenvalue weighted by atomic mass is 15.2. The Hall–Kier alpha value is -0.860. The fourth-order valence-corrected chi connectivity index (χ4v) is 4.31. The van der Waals surface area contributed by atoms with Crippen LogP contribution in [-0.2, 0) is 6.42 Å². The summed E-state index contributed by atoms with van der Waals surface area (Å²) in [4.78, 5) is 2.75. The Morgan fingerprint density at radius 1 is 1.15 bits per heavy atom. The molecule has 0 amide bonds. The lowest BCUT2D eigenvalue weighted by atomic mass is 9.94. The SMILES string of the molecule is CCCc1ccc(C(C)N2C3CCC2CC(N)C3)cc1. The molecular weight excluding hydrogens is 244 g/mol. The standard InChI is InChI=1S/C18H28N2/c1-3-4-14-5-7-15(8-6-14)13(2)20-17-9-10-18(20)12-16(19)11-17/h5-8,13,16-18H,3-4,9-12,19H2,1-2H3. The quantitative estimate of drug-likeness (QED) is 0.906. The van der Waals surface area contributed by atoms with E-state index in [0.29, 0.717) is 24.2 Å². The van der Waals surface area contributed by atoms with Crippen LogP contribution in [0.3, 0.4) is 0 Å².